The van der Waals surface area contributed by atoms with Gasteiger partial charge in [0.05, 0.1) is 5.69 Å². The molecule has 1 amide bonds. The molecule has 38 heavy (non-hydrogen) atoms. The highest BCUT2D eigenvalue weighted by Crippen LogP contribution is 2.39. The molecule has 2 aliphatic heterocycles. The summed E-state index contributed by atoms with van der Waals surface area (Å²) in [6.07, 6.45) is 12.9. The van der Waals surface area contributed by atoms with Crippen LogP contribution in [0.5, 0.6) is 5.75 Å². The zero-order valence-corrected chi connectivity index (χ0v) is 22.7. The van der Waals surface area contributed by atoms with Crippen LogP contribution in [0.1, 0.15) is 55.6 Å². The smallest absolute Gasteiger partial charge is 0.224 e. The number of para-hydroxylation sites is 1. The van der Waals surface area contributed by atoms with Crippen molar-refractivity contribution in [3.05, 3.63) is 78.1 Å². The van der Waals surface area contributed by atoms with E-state index in [-0.39, 0.29) is 11.3 Å². The maximum Gasteiger partial charge on any atom is 0.224 e. The molecule has 4 heterocycles. The summed E-state index contributed by atoms with van der Waals surface area (Å²) in [6.45, 7) is 7.74. The molecule has 2 aromatic heterocycles. The minimum Gasteiger partial charge on any atom is -0.492 e. The Morgan fingerprint density at radius 3 is 2.61 bits per heavy atom. The predicted molar refractivity (Wildman–Crippen MR) is 149 cm³/mol. The maximum absolute atomic E-state index is 13.1. The number of carbonyl (C=O) groups is 1. The average molecular weight is 516 g/mol. The summed E-state index contributed by atoms with van der Waals surface area (Å²) in [5.41, 5.74) is 2.62. The molecule has 2 aliphatic rings. The number of hydrogen-bond donors (Lipinski definition) is 0. The van der Waals surface area contributed by atoms with E-state index in [4.69, 9.17) is 4.74 Å². The van der Waals surface area contributed by atoms with Crippen molar-refractivity contribution in [1.29, 1.82) is 0 Å². The highest BCUT2D eigenvalue weighted by molar-refractivity contribution is 5.76. The lowest BCUT2D eigenvalue weighted by atomic mass is 9.73. The second kappa shape index (κ2) is 12.6. The first-order valence-electron chi connectivity index (χ1n) is 14.2. The van der Waals surface area contributed by atoms with E-state index < -0.39 is 0 Å². The number of hydrogen-bond acceptors (Lipinski definition) is 5. The normalized spacial score (nSPS) is 18.7. The van der Waals surface area contributed by atoms with Crippen LogP contribution in [0.2, 0.25) is 0 Å². The molecule has 0 saturated carbocycles. The van der Waals surface area contributed by atoms with Crippen LogP contribution in [0.15, 0.2) is 61.1 Å². The highest BCUT2D eigenvalue weighted by atomic mass is 16.5. The lowest BCUT2D eigenvalue weighted by Gasteiger charge is -2.45. The van der Waals surface area contributed by atoms with Crippen molar-refractivity contribution in [2.75, 3.05) is 32.8 Å². The van der Waals surface area contributed by atoms with Gasteiger partial charge in [0, 0.05) is 64.3 Å². The molecule has 0 bridgehead atoms. The number of pyridine rings is 1. The summed E-state index contributed by atoms with van der Waals surface area (Å²) in [5, 5.41) is 0. The summed E-state index contributed by atoms with van der Waals surface area (Å²) < 4.78 is 8.36. The minimum absolute atomic E-state index is 0.214. The average Bonchev–Trinajstić information content (AvgIpc) is 3.35. The van der Waals surface area contributed by atoms with Gasteiger partial charge in [-0.1, -0.05) is 30.7 Å². The fourth-order valence-corrected chi connectivity index (χ4v) is 6.09. The summed E-state index contributed by atoms with van der Waals surface area (Å²) in [5.74, 6) is 2.25. The first-order chi connectivity index (χ1) is 18.6. The van der Waals surface area contributed by atoms with Crippen molar-refractivity contribution >= 4 is 5.91 Å². The molecule has 0 radical (unpaired) electrons. The summed E-state index contributed by atoms with van der Waals surface area (Å²) >= 11 is 0. The largest absolute Gasteiger partial charge is 0.492 e. The molecule has 0 atom stereocenters. The molecule has 0 N–H and O–H groups in total. The molecule has 1 fully saturated rings. The number of fused-ring (bicyclic) bond motifs is 1. The maximum atomic E-state index is 13.1. The lowest BCUT2D eigenvalue weighted by Crippen LogP contribution is -2.48. The van der Waals surface area contributed by atoms with Crippen molar-refractivity contribution in [1.82, 2.24) is 24.3 Å². The van der Waals surface area contributed by atoms with Crippen molar-refractivity contribution < 1.29 is 9.53 Å². The van der Waals surface area contributed by atoms with E-state index >= 15 is 0 Å². The molecule has 0 unspecified atom stereocenters. The van der Waals surface area contributed by atoms with Crippen molar-refractivity contribution in [2.24, 2.45) is 5.41 Å². The van der Waals surface area contributed by atoms with Crippen LogP contribution in [0.4, 0.5) is 0 Å². The third-order valence-electron chi connectivity index (χ3n) is 8.38. The number of carbonyl (C=O) groups excluding carboxylic acids is 1. The van der Waals surface area contributed by atoms with Crippen molar-refractivity contribution in [2.45, 2.75) is 65.0 Å². The Morgan fingerprint density at radius 1 is 0.974 bits per heavy atom. The third-order valence-corrected chi connectivity index (χ3v) is 8.38. The van der Waals surface area contributed by atoms with E-state index in [2.05, 4.69) is 60.7 Å². The molecule has 5 rings (SSSR count). The van der Waals surface area contributed by atoms with Crippen LogP contribution >= 0.6 is 0 Å². The van der Waals surface area contributed by atoms with Gasteiger partial charge >= 0.3 is 0 Å². The zero-order valence-electron chi connectivity index (χ0n) is 22.7. The number of aryl methyl sites for hydroxylation is 3. The quantitative estimate of drug-likeness (QED) is 0.484. The second-order valence-electron chi connectivity index (χ2n) is 11.0. The van der Waals surface area contributed by atoms with Gasteiger partial charge in [0.25, 0.3) is 0 Å². The number of likely N-dealkylation sites (tertiary alicyclic amines) is 1. The van der Waals surface area contributed by atoms with E-state index in [0.717, 1.165) is 75.7 Å². The van der Waals surface area contributed by atoms with E-state index in [1.54, 1.807) is 6.20 Å². The second-order valence-corrected chi connectivity index (χ2v) is 11.0. The van der Waals surface area contributed by atoms with Crippen molar-refractivity contribution in [3.63, 3.8) is 0 Å². The number of nitrogens with zero attached hydrogens (tertiary/aromatic N) is 5. The first kappa shape index (κ1) is 26.4. The van der Waals surface area contributed by atoms with E-state index in [0.29, 0.717) is 19.6 Å². The van der Waals surface area contributed by atoms with Crippen LogP contribution in [-0.2, 0) is 24.3 Å². The lowest BCUT2D eigenvalue weighted by molar-refractivity contribution is -0.134. The van der Waals surface area contributed by atoms with Crippen LogP contribution in [0, 0.1) is 12.3 Å². The van der Waals surface area contributed by atoms with Gasteiger partial charge < -0.3 is 14.2 Å². The summed E-state index contributed by atoms with van der Waals surface area (Å²) in [4.78, 5) is 26.6. The highest BCUT2D eigenvalue weighted by Gasteiger charge is 2.37. The number of rotatable bonds is 5. The Labute approximate surface area is 226 Å². The Morgan fingerprint density at radius 2 is 1.82 bits per heavy atom. The number of imidazole rings is 1. The fraction of sp³-hybridized carbons (Fsp3) is 0.516. The molecule has 1 saturated heterocycles. The molecule has 0 aliphatic carbocycles. The van der Waals surface area contributed by atoms with Crippen LogP contribution in [-0.4, -0.2) is 63.0 Å². The molecular formula is C31H41N5O2. The van der Waals surface area contributed by atoms with Gasteiger partial charge in [-0.25, -0.2) is 4.98 Å². The summed E-state index contributed by atoms with van der Waals surface area (Å²) in [6, 6.07) is 14.6. The molecule has 7 nitrogen and oxygen atoms in total. The van der Waals surface area contributed by atoms with Gasteiger partial charge in [-0.15, -0.1) is 0 Å². The van der Waals surface area contributed by atoms with E-state index in [1.807, 2.05) is 25.4 Å². The number of aromatic nitrogens is 3. The molecular weight excluding hydrogens is 474 g/mol. The third kappa shape index (κ3) is 6.81. The summed E-state index contributed by atoms with van der Waals surface area (Å²) in [7, 11) is 0. The van der Waals surface area contributed by atoms with Crippen molar-refractivity contribution in [3.8, 4) is 5.75 Å². The Hall–Kier alpha value is -3.19. The van der Waals surface area contributed by atoms with Gasteiger partial charge in [-0.05, 0) is 68.2 Å². The molecule has 1 spiro atoms. The number of benzene rings is 1. The van der Waals surface area contributed by atoms with Gasteiger partial charge in [0.1, 0.15) is 18.2 Å². The molecule has 7 heteroatoms. The predicted octanol–water partition coefficient (Wildman–Crippen LogP) is 4.89. The van der Waals surface area contributed by atoms with Crippen LogP contribution < -0.4 is 4.74 Å². The zero-order chi connectivity index (χ0) is 26.2. The number of piperidine rings is 1. The number of ether oxygens (including phenoxy) is 1. The van der Waals surface area contributed by atoms with Gasteiger partial charge in [-0.3, -0.25) is 14.7 Å². The number of amides is 1. The van der Waals surface area contributed by atoms with Gasteiger partial charge in [0.2, 0.25) is 5.91 Å². The Kier molecular flexibility index (Phi) is 8.74. The molecule has 3 aromatic rings. The van der Waals surface area contributed by atoms with Gasteiger partial charge in [-0.2, -0.15) is 0 Å². The van der Waals surface area contributed by atoms with E-state index in [9.17, 15) is 4.79 Å². The standard InChI is InChI=1S/C31H41N5O2/c1-26-32-17-21-35(26)18-12-30(37)36-19-14-31(15-20-36)13-6-4-9-27-8-2-3-11-29(27)38-23-22-34(25-31)24-28-10-5-7-16-33-28/h2-3,5,7-8,10-11,16-17,21H,4,6,9,12-15,18-20,22-25H2,1H3. The molecule has 1 aromatic carbocycles. The topological polar surface area (TPSA) is 63.5 Å². The fourth-order valence-electron chi connectivity index (χ4n) is 6.09. The monoisotopic (exact) mass is 515 g/mol. The van der Waals surface area contributed by atoms with Crippen LogP contribution in [0.3, 0.4) is 0 Å². The molecule has 202 valence electrons. The van der Waals surface area contributed by atoms with Gasteiger partial charge in [0.15, 0.2) is 0 Å². The minimum atomic E-state index is 0.214. The SMILES string of the molecule is Cc1nccn1CCC(=O)N1CCC2(CCCCc3ccccc3OCCN(Cc3ccccn3)C2)CC1. The van der Waals surface area contributed by atoms with Crippen LogP contribution in [0.25, 0.3) is 0 Å². The Bertz CT molecular complexity index is 1170. The first-order valence-corrected chi connectivity index (χ1v) is 14.2. The van der Waals surface area contributed by atoms with E-state index in [1.165, 1.54) is 18.4 Å². The Balaban J connectivity index is 1.26.